The number of hydrogen-bond acceptors (Lipinski definition) is 2. The number of carbonyl (C=O) groups excluding carboxylic acids is 1. The first kappa shape index (κ1) is 18.4. The molecule has 0 heterocycles. The highest BCUT2D eigenvalue weighted by atomic mass is 79.9. The van der Waals surface area contributed by atoms with Crippen molar-refractivity contribution in [1.29, 1.82) is 0 Å². The molecule has 0 saturated carbocycles. The summed E-state index contributed by atoms with van der Waals surface area (Å²) in [5, 5.41) is 12.5. The lowest BCUT2D eigenvalue weighted by Crippen LogP contribution is -2.13. The van der Waals surface area contributed by atoms with Crippen molar-refractivity contribution >= 4 is 94.2 Å². The Labute approximate surface area is 166 Å². The topological polar surface area (TPSA) is 49.3 Å². The van der Waals surface area contributed by atoms with Gasteiger partial charge in [0, 0.05) is 13.4 Å². The minimum atomic E-state index is -0.582. The molecule has 116 valence electrons. The van der Waals surface area contributed by atoms with Gasteiger partial charge in [0.1, 0.15) is 10.8 Å². The van der Waals surface area contributed by atoms with Crippen molar-refractivity contribution in [2.24, 2.45) is 0 Å². The van der Waals surface area contributed by atoms with E-state index in [2.05, 4.69) is 53.1 Å². The summed E-state index contributed by atoms with van der Waals surface area (Å²) >= 11 is 27.6. The highest BCUT2D eigenvalue weighted by Gasteiger charge is 2.20. The van der Waals surface area contributed by atoms with Crippen molar-refractivity contribution in [2.75, 3.05) is 5.32 Å². The maximum Gasteiger partial charge on any atom is 0.259 e. The van der Waals surface area contributed by atoms with Crippen LogP contribution in [-0.4, -0.2) is 11.0 Å². The lowest BCUT2D eigenvalue weighted by atomic mass is 10.1. The van der Waals surface area contributed by atoms with Gasteiger partial charge in [0.05, 0.1) is 21.3 Å². The molecule has 0 saturated heterocycles. The Morgan fingerprint density at radius 3 is 2.09 bits per heavy atom. The SMILES string of the molecule is O=C(Nc1c(Br)cc(Br)cc1Br)c1cc(Cl)c(Cl)c(Cl)c1O. The van der Waals surface area contributed by atoms with E-state index >= 15 is 0 Å². The maximum atomic E-state index is 12.4. The molecule has 0 aliphatic carbocycles. The van der Waals surface area contributed by atoms with E-state index in [1.807, 2.05) is 0 Å². The number of aromatic hydroxyl groups is 1. The second kappa shape index (κ2) is 7.28. The average Bonchev–Trinajstić information content (AvgIpc) is 2.44. The number of phenols is 1. The van der Waals surface area contributed by atoms with E-state index in [9.17, 15) is 9.90 Å². The van der Waals surface area contributed by atoms with Crippen LogP contribution in [0.2, 0.25) is 15.1 Å². The van der Waals surface area contributed by atoms with Gasteiger partial charge in [0.2, 0.25) is 0 Å². The predicted molar refractivity (Wildman–Crippen MR) is 101 cm³/mol. The largest absolute Gasteiger partial charge is 0.505 e. The minimum Gasteiger partial charge on any atom is -0.505 e. The van der Waals surface area contributed by atoms with E-state index < -0.39 is 11.7 Å². The Bertz CT molecular complexity index is 761. The number of halogens is 6. The van der Waals surface area contributed by atoms with Crippen LogP contribution in [0, 0.1) is 0 Å². The minimum absolute atomic E-state index is 0.0108. The van der Waals surface area contributed by atoms with Crippen LogP contribution in [0.15, 0.2) is 31.6 Å². The molecule has 1 amide bonds. The lowest BCUT2D eigenvalue weighted by molar-refractivity contribution is 0.102. The number of anilines is 1. The Hall–Kier alpha value is 0.0200. The zero-order valence-electron chi connectivity index (χ0n) is 10.4. The molecule has 0 radical (unpaired) electrons. The third-order valence-corrected chi connectivity index (χ3v) is 5.59. The Morgan fingerprint density at radius 1 is 1.00 bits per heavy atom. The first-order chi connectivity index (χ1) is 10.2. The van der Waals surface area contributed by atoms with Gasteiger partial charge >= 0.3 is 0 Å². The zero-order chi connectivity index (χ0) is 16.6. The molecule has 0 bridgehead atoms. The molecule has 0 atom stereocenters. The van der Waals surface area contributed by atoms with Crippen LogP contribution >= 0.6 is 82.6 Å². The lowest BCUT2D eigenvalue weighted by Gasteiger charge is -2.13. The molecule has 0 unspecified atom stereocenters. The van der Waals surface area contributed by atoms with E-state index in [0.29, 0.717) is 14.6 Å². The zero-order valence-corrected chi connectivity index (χ0v) is 17.4. The number of carbonyl (C=O) groups is 1. The molecule has 2 N–H and O–H groups in total. The summed E-state index contributed by atoms with van der Waals surface area (Å²) in [4.78, 5) is 12.4. The fourth-order valence-electron chi connectivity index (χ4n) is 1.60. The van der Waals surface area contributed by atoms with Crippen LogP contribution in [-0.2, 0) is 0 Å². The Balaban J connectivity index is 2.43. The van der Waals surface area contributed by atoms with Gasteiger partial charge in [0.25, 0.3) is 5.91 Å². The molecule has 9 heteroatoms. The van der Waals surface area contributed by atoms with Crippen molar-refractivity contribution in [3.05, 3.63) is 52.2 Å². The van der Waals surface area contributed by atoms with E-state index in [0.717, 1.165) is 4.47 Å². The fourth-order valence-corrected chi connectivity index (χ4v) is 4.66. The van der Waals surface area contributed by atoms with E-state index in [1.165, 1.54) is 6.07 Å². The summed E-state index contributed by atoms with van der Waals surface area (Å²) in [7, 11) is 0. The molecule has 0 aliphatic heterocycles. The third kappa shape index (κ3) is 3.74. The molecule has 0 aliphatic rings. The highest BCUT2D eigenvalue weighted by molar-refractivity contribution is 9.11. The quantitative estimate of drug-likeness (QED) is 0.398. The number of benzene rings is 2. The van der Waals surface area contributed by atoms with Crippen molar-refractivity contribution in [1.82, 2.24) is 0 Å². The summed E-state index contributed by atoms with van der Waals surface area (Å²) in [6.45, 7) is 0. The maximum absolute atomic E-state index is 12.4. The van der Waals surface area contributed by atoms with Gasteiger partial charge in [-0.05, 0) is 50.1 Å². The van der Waals surface area contributed by atoms with Crippen molar-refractivity contribution in [3.63, 3.8) is 0 Å². The number of rotatable bonds is 2. The standard InChI is InChI=1S/C13H5Br3Cl3NO2/c14-4-1-6(15)11(7(16)2-4)20-13(22)5-3-8(17)9(18)10(19)12(5)21/h1-3,21H,(H,20,22). The first-order valence-electron chi connectivity index (χ1n) is 5.54. The van der Waals surface area contributed by atoms with Gasteiger partial charge in [-0.1, -0.05) is 50.7 Å². The van der Waals surface area contributed by atoms with E-state index in [-0.39, 0.29) is 20.6 Å². The molecule has 2 aromatic carbocycles. The summed E-state index contributed by atoms with van der Waals surface area (Å²) in [6.07, 6.45) is 0. The number of phenolic OH excluding ortho intramolecular Hbond substituents is 1. The van der Waals surface area contributed by atoms with Gasteiger partial charge in [-0.2, -0.15) is 0 Å². The van der Waals surface area contributed by atoms with Crippen LogP contribution in [0.4, 0.5) is 5.69 Å². The van der Waals surface area contributed by atoms with Crippen molar-refractivity contribution < 1.29 is 9.90 Å². The summed E-state index contributed by atoms with van der Waals surface area (Å²) in [5.74, 6) is -1.01. The average molecular weight is 553 g/mol. The number of nitrogens with one attached hydrogen (secondary N) is 1. The molecule has 0 spiro atoms. The van der Waals surface area contributed by atoms with Gasteiger partial charge in [-0.3, -0.25) is 4.79 Å². The predicted octanol–water partition coefficient (Wildman–Crippen LogP) is 6.89. The van der Waals surface area contributed by atoms with Gasteiger partial charge in [0.15, 0.2) is 0 Å². The summed E-state index contributed by atoms with van der Waals surface area (Å²) in [6, 6.07) is 4.78. The van der Waals surface area contributed by atoms with Crippen LogP contribution < -0.4 is 5.32 Å². The summed E-state index contributed by atoms with van der Waals surface area (Å²) < 4.78 is 2.12. The second-order valence-electron chi connectivity index (χ2n) is 4.08. The summed E-state index contributed by atoms with van der Waals surface area (Å²) in [5.41, 5.74) is 0.413. The highest BCUT2D eigenvalue weighted by Crippen LogP contribution is 2.40. The van der Waals surface area contributed by atoms with Crippen LogP contribution in [0.25, 0.3) is 0 Å². The van der Waals surface area contributed by atoms with Gasteiger partial charge < -0.3 is 10.4 Å². The molecular formula is C13H5Br3Cl3NO2. The van der Waals surface area contributed by atoms with Crippen molar-refractivity contribution in [3.8, 4) is 5.75 Å². The van der Waals surface area contributed by atoms with E-state index in [4.69, 9.17) is 34.8 Å². The fraction of sp³-hybridized carbons (Fsp3) is 0. The van der Waals surface area contributed by atoms with Crippen molar-refractivity contribution in [2.45, 2.75) is 0 Å². The van der Waals surface area contributed by atoms with E-state index in [1.54, 1.807) is 12.1 Å². The Kier molecular flexibility index (Phi) is 6.07. The Morgan fingerprint density at radius 2 is 1.55 bits per heavy atom. The molecule has 2 rings (SSSR count). The van der Waals surface area contributed by atoms with Crippen LogP contribution in [0.5, 0.6) is 5.75 Å². The molecule has 0 aromatic heterocycles. The first-order valence-corrected chi connectivity index (χ1v) is 9.06. The van der Waals surface area contributed by atoms with Gasteiger partial charge in [-0.25, -0.2) is 0 Å². The smallest absolute Gasteiger partial charge is 0.259 e. The third-order valence-electron chi connectivity index (χ3n) is 2.63. The number of amides is 1. The molecule has 3 nitrogen and oxygen atoms in total. The van der Waals surface area contributed by atoms with Crippen LogP contribution in [0.1, 0.15) is 10.4 Å². The van der Waals surface area contributed by atoms with Crippen LogP contribution in [0.3, 0.4) is 0 Å². The molecular weight excluding hydrogens is 548 g/mol. The monoisotopic (exact) mass is 549 g/mol. The molecule has 2 aromatic rings. The molecule has 22 heavy (non-hydrogen) atoms. The normalized spacial score (nSPS) is 10.6. The molecule has 0 fully saturated rings. The second-order valence-corrected chi connectivity index (χ2v) is 7.87. The number of hydrogen-bond donors (Lipinski definition) is 2. The van der Waals surface area contributed by atoms with Gasteiger partial charge in [-0.15, -0.1) is 0 Å².